The first kappa shape index (κ1) is 8.50. The first-order chi connectivity index (χ1) is 6.88. The van der Waals surface area contributed by atoms with Crippen molar-refractivity contribution in [3.8, 4) is 0 Å². The minimum atomic E-state index is 0.669. The topological polar surface area (TPSA) is 57.8 Å². The fraction of sp³-hybridized carbons (Fsp3) is 0. The van der Waals surface area contributed by atoms with E-state index in [-0.39, 0.29) is 0 Å². The number of aldehydes is 1. The number of aromatic nitrogens is 2. The molecular weight excluding hydrogens is 178 g/mol. The molecule has 0 aliphatic carbocycles. The minimum Gasteiger partial charge on any atom is -0.353 e. The highest BCUT2D eigenvalue weighted by molar-refractivity contribution is 5.76. The predicted molar refractivity (Wildman–Crippen MR) is 53.7 cm³/mol. The van der Waals surface area contributed by atoms with Gasteiger partial charge in [-0.05, 0) is 24.3 Å². The molecule has 1 aromatic carbocycles. The summed E-state index contributed by atoms with van der Waals surface area (Å²) in [5.74, 6) is 0. The van der Waals surface area contributed by atoms with Crippen molar-refractivity contribution in [3.05, 3.63) is 42.2 Å². The largest absolute Gasteiger partial charge is 0.353 e. The van der Waals surface area contributed by atoms with Gasteiger partial charge in [-0.25, -0.2) is 0 Å². The van der Waals surface area contributed by atoms with E-state index >= 15 is 0 Å². The van der Waals surface area contributed by atoms with Gasteiger partial charge in [-0.3, -0.25) is 9.89 Å². The highest BCUT2D eigenvalue weighted by Gasteiger charge is 1.95. The maximum absolute atomic E-state index is 10.4. The standard InChI is InChI=1S/C10H9N3O/c14-7-8-1-3-9(4-2-8)13-10-5-11-12-6-10/h1-7,13H,(H,11,12). The maximum atomic E-state index is 10.4. The van der Waals surface area contributed by atoms with E-state index in [2.05, 4.69) is 15.5 Å². The van der Waals surface area contributed by atoms with Crippen molar-refractivity contribution < 1.29 is 4.79 Å². The zero-order valence-electron chi connectivity index (χ0n) is 7.40. The third kappa shape index (κ3) is 1.80. The van der Waals surface area contributed by atoms with Crippen LogP contribution in [0.3, 0.4) is 0 Å². The van der Waals surface area contributed by atoms with Gasteiger partial charge in [-0.1, -0.05) is 0 Å². The van der Waals surface area contributed by atoms with Gasteiger partial charge in [-0.15, -0.1) is 0 Å². The molecule has 2 N–H and O–H groups in total. The number of nitrogens with zero attached hydrogens (tertiary/aromatic N) is 1. The summed E-state index contributed by atoms with van der Waals surface area (Å²) in [5, 5.41) is 9.64. The van der Waals surface area contributed by atoms with Crippen LogP contribution in [0.1, 0.15) is 10.4 Å². The average molecular weight is 187 g/mol. The molecule has 0 aliphatic rings. The van der Waals surface area contributed by atoms with E-state index in [0.717, 1.165) is 17.7 Å². The number of anilines is 2. The van der Waals surface area contributed by atoms with Crippen molar-refractivity contribution in [1.29, 1.82) is 0 Å². The van der Waals surface area contributed by atoms with Gasteiger partial charge in [0.15, 0.2) is 0 Å². The molecule has 2 aromatic rings. The lowest BCUT2D eigenvalue weighted by Crippen LogP contribution is -1.88. The smallest absolute Gasteiger partial charge is 0.150 e. The summed E-state index contributed by atoms with van der Waals surface area (Å²) in [5.41, 5.74) is 2.49. The van der Waals surface area contributed by atoms with Gasteiger partial charge in [0.2, 0.25) is 0 Å². The van der Waals surface area contributed by atoms with Crippen molar-refractivity contribution in [3.63, 3.8) is 0 Å². The second-order valence-corrected chi connectivity index (χ2v) is 2.85. The lowest BCUT2D eigenvalue weighted by molar-refractivity contribution is 0.112. The van der Waals surface area contributed by atoms with E-state index in [4.69, 9.17) is 0 Å². The molecule has 2 rings (SSSR count). The van der Waals surface area contributed by atoms with Crippen molar-refractivity contribution in [2.45, 2.75) is 0 Å². The summed E-state index contributed by atoms with van der Waals surface area (Å²) in [6, 6.07) is 7.21. The zero-order chi connectivity index (χ0) is 9.80. The van der Waals surface area contributed by atoms with Crippen molar-refractivity contribution in [2.75, 3.05) is 5.32 Å². The van der Waals surface area contributed by atoms with E-state index in [1.807, 2.05) is 12.1 Å². The molecule has 0 aliphatic heterocycles. The molecule has 0 atom stereocenters. The fourth-order valence-corrected chi connectivity index (χ4v) is 1.13. The third-order valence-corrected chi connectivity index (χ3v) is 1.83. The van der Waals surface area contributed by atoms with E-state index in [1.165, 1.54) is 0 Å². The lowest BCUT2D eigenvalue weighted by atomic mass is 10.2. The van der Waals surface area contributed by atoms with Crippen LogP contribution in [-0.2, 0) is 0 Å². The molecule has 0 spiro atoms. The Morgan fingerprint density at radius 1 is 1.21 bits per heavy atom. The summed E-state index contributed by atoms with van der Waals surface area (Å²) in [6.45, 7) is 0. The second-order valence-electron chi connectivity index (χ2n) is 2.85. The zero-order valence-corrected chi connectivity index (χ0v) is 7.40. The number of aromatic amines is 1. The number of nitrogens with one attached hydrogen (secondary N) is 2. The van der Waals surface area contributed by atoms with E-state index in [0.29, 0.717) is 5.56 Å². The first-order valence-electron chi connectivity index (χ1n) is 4.19. The van der Waals surface area contributed by atoms with Crippen LogP contribution in [0.15, 0.2) is 36.7 Å². The van der Waals surface area contributed by atoms with Gasteiger partial charge in [0, 0.05) is 17.4 Å². The summed E-state index contributed by atoms with van der Waals surface area (Å²) in [7, 11) is 0. The average Bonchev–Trinajstić information content (AvgIpc) is 2.72. The van der Waals surface area contributed by atoms with E-state index in [9.17, 15) is 4.79 Å². The summed E-state index contributed by atoms with van der Waals surface area (Å²) in [6.07, 6.45) is 4.27. The summed E-state index contributed by atoms with van der Waals surface area (Å²) < 4.78 is 0. The van der Waals surface area contributed by atoms with Crippen molar-refractivity contribution in [2.24, 2.45) is 0 Å². The monoisotopic (exact) mass is 187 g/mol. The van der Waals surface area contributed by atoms with Gasteiger partial charge >= 0.3 is 0 Å². The SMILES string of the molecule is O=Cc1ccc(Nc2cn[nH]c2)cc1. The molecule has 0 bridgehead atoms. The van der Waals surface area contributed by atoms with Gasteiger partial charge in [0.1, 0.15) is 6.29 Å². The number of carbonyl (C=O) groups is 1. The molecular formula is C10H9N3O. The normalized spacial score (nSPS) is 9.71. The highest BCUT2D eigenvalue weighted by Crippen LogP contribution is 2.14. The number of benzene rings is 1. The molecule has 0 amide bonds. The molecule has 0 radical (unpaired) electrons. The number of rotatable bonds is 3. The quantitative estimate of drug-likeness (QED) is 0.722. The molecule has 4 heteroatoms. The molecule has 0 unspecified atom stereocenters. The Hall–Kier alpha value is -2.10. The number of carbonyl (C=O) groups excluding carboxylic acids is 1. The highest BCUT2D eigenvalue weighted by atomic mass is 16.1. The van der Waals surface area contributed by atoms with Crippen molar-refractivity contribution >= 4 is 17.7 Å². The van der Waals surface area contributed by atoms with E-state index < -0.39 is 0 Å². The Bertz CT molecular complexity index is 405. The molecule has 4 nitrogen and oxygen atoms in total. The lowest BCUT2D eigenvalue weighted by Gasteiger charge is -2.02. The van der Waals surface area contributed by atoms with Gasteiger partial charge < -0.3 is 5.32 Å². The van der Waals surface area contributed by atoms with Gasteiger partial charge in [0.25, 0.3) is 0 Å². The molecule has 0 saturated heterocycles. The van der Waals surface area contributed by atoms with Crippen molar-refractivity contribution in [1.82, 2.24) is 10.2 Å². The molecule has 70 valence electrons. The van der Waals surface area contributed by atoms with Crippen LogP contribution in [0.4, 0.5) is 11.4 Å². The van der Waals surface area contributed by atoms with E-state index in [1.54, 1.807) is 24.5 Å². The van der Waals surface area contributed by atoms with Crippen LogP contribution in [0.2, 0.25) is 0 Å². The Labute approximate surface area is 81.0 Å². The summed E-state index contributed by atoms with van der Waals surface area (Å²) >= 11 is 0. The molecule has 1 aromatic heterocycles. The van der Waals surface area contributed by atoms with Crippen LogP contribution < -0.4 is 5.32 Å². The molecule has 0 fully saturated rings. The Morgan fingerprint density at radius 3 is 2.57 bits per heavy atom. The predicted octanol–water partition coefficient (Wildman–Crippen LogP) is 1.97. The van der Waals surface area contributed by atoms with Crippen LogP contribution in [0.5, 0.6) is 0 Å². The molecule has 14 heavy (non-hydrogen) atoms. The second kappa shape index (κ2) is 3.74. The summed E-state index contributed by atoms with van der Waals surface area (Å²) in [4.78, 5) is 10.4. The van der Waals surface area contributed by atoms with Gasteiger partial charge in [-0.2, -0.15) is 5.10 Å². The first-order valence-corrected chi connectivity index (χ1v) is 4.19. The van der Waals surface area contributed by atoms with Crippen LogP contribution in [0.25, 0.3) is 0 Å². The third-order valence-electron chi connectivity index (χ3n) is 1.83. The Morgan fingerprint density at radius 2 is 2.00 bits per heavy atom. The Balaban J connectivity index is 2.14. The fourth-order valence-electron chi connectivity index (χ4n) is 1.13. The number of H-pyrrole nitrogens is 1. The van der Waals surface area contributed by atoms with Crippen LogP contribution >= 0.6 is 0 Å². The number of hydrogen-bond acceptors (Lipinski definition) is 3. The Kier molecular flexibility index (Phi) is 2.27. The molecule has 1 heterocycles. The molecule has 0 saturated carbocycles. The number of hydrogen-bond donors (Lipinski definition) is 2. The van der Waals surface area contributed by atoms with Gasteiger partial charge in [0.05, 0.1) is 11.9 Å². The van der Waals surface area contributed by atoms with Crippen LogP contribution in [0, 0.1) is 0 Å². The maximum Gasteiger partial charge on any atom is 0.150 e. The minimum absolute atomic E-state index is 0.669. The van der Waals surface area contributed by atoms with Crippen LogP contribution in [-0.4, -0.2) is 16.5 Å².